The number of rotatable bonds is 11. The second kappa shape index (κ2) is 16.6. The summed E-state index contributed by atoms with van der Waals surface area (Å²) < 4.78 is 4.79. The van der Waals surface area contributed by atoms with Gasteiger partial charge in [-0.05, 0) is 103 Å². The van der Waals surface area contributed by atoms with E-state index >= 15 is 0 Å². The van der Waals surface area contributed by atoms with Gasteiger partial charge in [-0.1, -0.05) is 45.9 Å². The highest BCUT2D eigenvalue weighted by Gasteiger charge is 2.39. The summed E-state index contributed by atoms with van der Waals surface area (Å²) in [5, 5.41) is 22.2. The van der Waals surface area contributed by atoms with E-state index in [0.717, 1.165) is 94.7 Å². The van der Waals surface area contributed by atoms with Gasteiger partial charge in [-0.15, -0.1) is 0 Å². The number of fused-ring (bicyclic) bond motifs is 4. The minimum Gasteiger partial charge on any atom is -0.453 e. The number of H-pyrrole nitrogens is 2. The van der Waals surface area contributed by atoms with Crippen LogP contribution in [0.15, 0.2) is 48.5 Å². The number of aliphatic hydroxyl groups is 1. The molecule has 0 radical (unpaired) electrons. The largest absolute Gasteiger partial charge is 0.453 e. The van der Waals surface area contributed by atoms with Crippen LogP contribution >= 0.6 is 0 Å². The number of hydrogen-bond acceptors (Lipinski definition) is 10. The third-order valence-corrected chi connectivity index (χ3v) is 13.2. The molecule has 2 aromatic heterocycles. The van der Waals surface area contributed by atoms with E-state index in [9.17, 15) is 24.3 Å². The Kier molecular flexibility index (Phi) is 11.0. The van der Waals surface area contributed by atoms with Crippen LogP contribution in [0.2, 0.25) is 0 Å². The third kappa shape index (κ3) is 7.69. The van der Waals surface area contributed by atoms with Crippen molar-refractivity contribution in [2.45, 2.75) is 102 Å². The molecule has 2 fully saturated rings. The number of methoxy groups -OCH3 is 1. The molecule has 4 aliphatic rings. The first-order valence-corrected chi connectivity index (χ1v) is 21.9. The first-order valence-electron chi connectivity index (χ1n) is 21.9. The van der Waals surface area contributed by atoms with E-state index in [-0.39, 0.29) is 47.8 Å². The second-order valence-corrected chi connectivity index (χ2v) is 18.0. The zero-order chi connectivity index (χ0) is 43.4. The molecule has 3 aromatic carbocycles. The quantitative estimate of drug-likeness (QED) is 0.0863. The molecule has 0 saturated carbocycles. The van der Waals surface area contributed by atoms with Crippen LogP contribution in [0.5, 0.6) is 0 Å². The molecular formula is C46H56N10O6. The van der Waals surface area contributed by atoms with Gasteiger partial charge in [-0.3, -0.25) is 14.4 Å². The molecule has 62 heavy (non-hydrogen) atoms. The van der Waals surface area contributed by atoms with Crippen molar-refractivity contribution in [3.63, 3.8) is 0 Å². The van der Waals surface area contributed by atoms with E-state index in [1.165, 1.54) is 18.2 Å². The van der Waals surface area contributed by atoms with Gasteiger partial charge in [-0.25, -0.2) is 14.8 Å². The smallest absolute Gasteiger partial charge is 0.407 e. The number of carbonyl (C=O) groups is 4. The number of benzene rings is 3. The predicted octanol–water partition coefficient (Wildman–Crippen LogP) is 5.70. The van der Waals surface area contributed by atoms with Gasteiger partial charge in [0.2, 0.25) is 17.7 Å². The van der Waals surface area contributed by atoms with Crippen molar-refractivity contribution in [3.05, 3.63) is 82.4 Å². The van der Waals surface area contributed by atoms with E-state index in [4.69, 9.17) is 14.7 Å². The number of likely N-dealkylation sites (tertiary alicyclic amines) is 2. The first-order chi connectivity index (χ1) is 29.9. The Bertz CT molecular complexity index is 2340. The van der Waals surface area contributed by atoms with E-state index in [1.54, 1.807) is 0 Å². The van der Waals surface area contributed by atoms with Crippen LogP contribution in [0.3, 0.4) is 0 Å². The number of alkyl carbamates (subject to hydrolysis) is 1. The molecule has 16 nitrogen and oxygen atoms in total. The minimum absolute atomic E-state index is 0.0920. The van der Waals surface area contributed by atoms with Crippen molar-refractivity contribution in [2.75, 3.05) is 37.4 Å². The van der Waals surface area contributed by atoms with Gasteiger partial charge in [-0.2, -0.15) is 0 Å². The molecule has 4 amide bonds. The molecule has 9 rings (SSSR count). The van der Waals surface area contributed by atoms with Crippen molar-refractivity contribution < 1.29 is 29.0 Å². The summed E-state index contributed by atoms with van der Waals surface area (Å²) in [6.07, 6.45) is 4.34. The molecule has 7 N–H and O–H groups in total. The van der Waals surface area contributed by atoms with Crippen molar-refractivity contribution in [1.29, 1.82) is 0 Å². The number of aliphatic hydroxyl groups excluding tert-OH is 1. The Morgan fingerprint density at radius 2 is 1.21 bits per heavy atom. The van der Waals surface area contributed by atoms with Crippen LogP contribution in [0.1, 0.15) is 111 Å². The summed E-state index contributed by atoms with van der Waals surface area (Å²) in [5.74, 6) is 0.409. The molecule has 0 bridgehead atoms. The minimum atomic E-state index is -0.720. The lowest BCUT2D eigenvalue weighted by molar-refractivity contribution is -0.139. The summed E-state index contributed by atoms with van der Waals surface area (Å²) >= 11 is 0. The normalized spacial score (nSPS) is 21.5. The third-order valence-electron chi connectivity index (χ3n) is 13.2. The number of imidazole rings is 2. The summed E-state index contributed by atoms with van der Waals surface area (Å²) in [7, 11) is 1.30. The van der Waals surface area contributed by atoms with Crippen LogP contribution in [-0.4, -0.2) is 97.5 Å². The fourth-order valence-corrected chi connectivity index (χ4v) is 9.88. The van der Waals surface area contributed by atoms with Gasteiger partial charge in [0.05, 0.1) is 53.3 Å². The van der Waals surface area contributed by atoms with E-state index in [1.807, 2.05) is 49.6 Å². The number of nitrogens with zero attached hydrogens (tertiary/aromatic N) is 4. The summed E-state index contributed by atoms with van der Waals surface area (Å²) in [6, 6.07) is 15.6. The molecule has 5 aromatic rings. The van der Waals surface area contributed by atoms with Crippen molar-refractivity contribution in [3.8, 4) is 0 Å². The molecule has 0 aliphatic carbocycles. The number of ether oxygens (including phenoxy) is 1. The Balaban J connectivity index is 0.861. The predicted molar refractivity (Wildman–Crippen MR) is 234 cm³/mol. The highest BCUT2D eigenvalue weighted by Crippen LogP contribution is 2.43. The average molecular weight is 845 g/mol. The Morgan fingerprint density at radius 3 is 1.66 bits per heavy atom. The Morgan fingerprint density at radius 1 is 0.726 bits per heavy atom. The van der Waals surface area contributed by atoms with Gasteiger partial charge >= 0.3 is 6.09 Å². The van der Waals surface area contributed by atoms with Crippen molar-refractivity contribution >= 4 is 57.3 Å². The van der Waals surface area contributed by atoms with Gasteiger partial charge < -0.3 is 50.9 Å². The second-order valence-electron chi connectivity index (χ2n) is 18.0. The van der Waals surface area contributed by atoms with Gasteiger partial charge in [0.15, 0.2) is 0 Å². The number of amides is 4. The molecule has 4 aliphatic heterocycles. The highest BCUT2D eigenvalue weighted by molar-refractivity contribution is 5.89. The Labute approximate surface area is 360 Å². The Hall–Kier alpha value is -6.16. The zero-order valence-electron chi connectivity index (χ0n) is 35.9. The van der Waals surface area contributed by atoms with E-state index in [0.29, 0.717) is 13.1 Å². The molecule has 0 spiro atoms. The van der Waals surface area contributed by atoms with E-state index in [2.05, 4.69) is 67.6 Å². The number of aromatic nitrogens is 4. The number of nitrogens with one attached hydrogen (secondary N) is 6. The maximum atomic E-state index is 13.7. The average Bonchev–Trinajstić information content (AvgIpc) is 4.12. The summed E-state index contributed by atoms with van der Waals surface area (Å²) in [4.78, 5) is 71.9. The lowest BCUT2D eigenvalue weighted by Crippen LogP contribution is -2.51. The molecule has 16 heteroatoms. The van der Waals surface area contributed by atoms with Crippen LogP contribution < -0.4 is 21.3 Å². The molecule has 6 unspecified atom stereocenters. The van der Waals surface area contributed by atoms with E-state index < -0.39 is 30.7 Å². The van der Waals surface area contributed by atoms with Gasteiger partial charge in [0.1, 0.15) is 30.3 Å². The number of hydrogen-bond donors (Lipinski definition) is 7. The van der Waals surface area contributed by atoms with Crippen molar-refractivity contribution in [1.82, 2.24) is 40.4 Å². The molecule has 326 valence electrons. The highest BCUT2D eigenvalue weighted by atomic mass is 16.5. The van der Waals surface area contributed by atoms with Gasteiger partial charge in [0, 0.05) is 24.5 Å². The summed E-state index contributed by atoms with van der Waals surface area (Å²) in [6.45, 7) is 8.12. The fourth-order valence-electron chi connectivity index (χ4n) is 9.88. The van der Waals surface area contributed by atoms with Crippen LogP contribution in [0.4, 0.5) is 16.2 Å². The number of aromatic amines is 2. The first kappa shape index (κ1) is 41.2. The molecule has 2 saturated heterocycles. The number of carbonyl (C=O) groups excluding carboxylic acids is 4. The topological polar surface area (TPSA) is 210 Å². The zero-order valence-corrected chi connectivity index (χ0v) is 35.9. The molecule has 6 heterocycles. The number of anilines is 2. The lowest BCUT2D eigenvalue weighted by atomic mass is 9.98. The van der Waals surface area contributed by atoms with Crippen LogP contribution in [0.25, 0.3) is 22.1 Å². The standard InChI is InChI=1S/C46H56N10O6/c1-23(2)40(53-39(58)22-57)44(59)55-14-6-8-37(55)42-49-29-12-10-25(17-35(29)51-42)31-19-27-16-28-20-32(48-34(28)21-33(27)47-31)26-11-13-30-36(18-26)52-43(50-30)38-9-7-15-56(38)45(60)41(24(3)4)54-46(61)62-5/h10-13,16-18,21,23-24,31-32,37-38,40-41,47-48,57H,6-9,14-15,19-20,22H2,1-5H3,(H,49,51)(H,50,52)(H,53,58)(H,54,61). The maximum Gasteiger partial charge on any atom is 0.407 e. The monoisotopic (exact) mass is 844 g/mol. The lowest BCUT2D eigenvalue weighted by Gasteiger charge is -2.30. The summed E-state index contributed by atoms with van der Waals surface area (Å²) in [5.41, 5.74) is 10.6. The van der Waals surface area contributed by atoms with Crippen LogP contribution in [0, 0.1) is 11.8 Å². The SMILES string of the molecule is COC(=O)NC(C(=O)N1CCCC1c1nc2ccc(C3Cc4cc5c(cc4N3)NC(c3ccc4nc(C6CCCN6C(=O)C(NC(=O)CO)C(C)C)[nH]c4c3)C5)cc2[nH]1)C(C)C. The van der Waals surface area contributed by atoms with Gasteiger partial charge in [0.25, 0.3) is 0 Å². The maximum absolute atomic E-state index is 13.7. The molecule has 6 atom stereocenters. The molecular weight excluding hydrogens is 789 g/mol. The van der Waals surface area contributed by atoms with Crippen LogP contribution in [-0.2, 0) is 32.0 Å². The fraction of sp³-hybridized carbons (Fsp3) is 0.478. The van der Waals surface area contributed by atoms with Crippen molar-refractivity contribution in [2.24, 2.45) is 11.8 Å².